The van der Waals surface area contributed by atoms with Crippen molar-refractivity contribution < 1.29 is 18.5 Å². The predicted octanol–water partition coefficient (Wildman–Crippen LogP) is 4.26. The van der Waals surface area contributed by atoms with E-state index in [9.17, 15) is 4.79 Å². The molecule has 4 nitrogen and oxygen atoms in total. The first-order chi connectivity index (χ1) is 10.5. The van der Waals surface area contributed by atoms with Crippen molar-refractivity contribution in [2.75, 3.05) is 5.32 Å². The van der Waals surface area contributed by atoms with Crippen LogP contribution in [0.25, 0.3) is 5.57 Å². The molecule has 1 amide bonds. The van der Waals surface area contributed by atoms with Crippen molar-refractivity contribution in [3.63, 3.8) is 0 Å². The summed E-state index contributed by atoms with van der Waals surface area (Å²) in [5.41, 5.74) is -1.92. The van der Waals surface area contributed by atoms with E-state index in [1.165, 1.54) is 6.07 Å². The number of anilines is 1. The number of hydrogen-bond acceptors (Lipinski definition) is 3. The molecule has 0 spiro atoms. The predicted molar refractivity (Wildman–Crippen MR) is 89.2 cm³/mol. The molecule has 0 aromatic heterocycles. The Bertz CT molecular complexity index is 732. The maximum Gasteiger partial charge on any atom is 0.526 e. The van der Waals surface area contributed by atoms with Crippen LogP contribution in [0.5, 0.6) is 0 Å². The molecule has 0 atom stereocenters. The molecular formula is C15H15BCl2FNO3. The molecule has 1 N–H and O–H groups in total. The molecule has 0 saturated carbocycles. The number of benzene rings is 1. The van der Waals surface area contributed by atoms with Gasteiger partial charge in [0.25, 0.3) is 5.91 Å². The number of fused-ring (bicyclic) bond motifs is 1. The van der Waals surface area contributed by atoms with Gasteiger partial charge in [-0.3, -0.25) is 4.79 Å². The van der Waals surface area contributed by atoms with Crippen LogP contribution in [-0.2, 0) is 14.1 Å². The lowest BCUT2D eigenvalue weighted by molar-refractivity contribution is -0.110. The smallest absolute Gasteiger partial charge is 0.398 e. The zero-order chi connectivity index (χ0) is 17.2. The van der Waals surface area contributed by atoms with Gasteiger partial charge in [-0.15, -0.1) is 0 Å². The van der Waals surface area contributed by atoms with Crippen molar-refractivity contribution in [1.82, 2.24) is 0 Å². The van der Waals surface area contributed by atoms with Gasteiger partial charge in [-0.2, -0.15) is 0 Å². The minimum atomic E-state index is -1.28. The Morgan fingerprint density at radius 2 is 1.65 bits per heavy atom. The summed E-state index contributed by atoms with van der Waals surface area (Å²) in [6, 6.07) is 3.05. The fourth-order valence-electron chi connectivity index (χ4n) is 2.50. The number of hydrogen-bond donors (Lipinski definition) is 1. The zero-order valence-corrected chi connectivity index (χ0v) is 14.6. The lowest BCUT2D eigenvalue weighted by Crippen LogP contribution is -2.41. The van der Waals surface area contributed by atoms with Crippen LogP contribution in [-0.4, -0.2) is 24.2 Å². The maximum absolute atomic E-state index is 15.0. The second-order valence-electron chi connectivity index (χ2n) is 6.54. The molecule has 0 radical (unpaired) electrons. The molecule has 122 valence electrons. The lowest BCUT2D eigenvalue weighted by Gasteiger charge is -2.32. The number of amides is 1. The van der Waals surface area contributed by atoms with E-state index in [1.54, 1.807) is 33.8 Å². The molecule has 23 heavy (non-hydrogen) atoms. The summed E-state index contributed by atoms with van der Waals surface area (Å²) in [7, 11) is -1.28. The van der Waals surface area contributed by atoms with Crippen LogP contribution in [0, 0.1) is 0 Å². The van der Waals surface area contributed by atoms with Crippen LogP contribution >= 0.6 is 23.2 Å². The molecule has 1 fully saturated rings. The summed E-state index contributed by atoms with van der Waals surface area (Å²) < 4.78 is 26.3. The van der Waals surface area contributed by atoms with Crippen LogP contribution in [0.15, 0.2) is 17.9 Å². The van der Waals surface area contributed by atoms with E-state index in [-0.39, 0.29) is 21.2 Å². The van der Waals surface area contributed by atoms with Gasteiger partial charge in [0.2, 0.25) is 0 Å². The molecule has 2 aliphatic heterocycles. The van der Waals surface area contributed by atoms with Gasteiger partial charge < -0.3 is 14.6 Å². The second-order valence-corrected chi connectivity index (χ2v) is 7.36. The Morgan fingerprint density at radius 3 is 2.22 bits per heavy atom. The van der Waals surface area contributed by atoms with Crippen LogP contribution in [0.1, 0.15) is 33.3 Å². The fraction of sp³-hybridized carbons (Fsp3) is 0.400. The first-order valence-electron chi connectivity index (χ1n) is 7.10. The van der Waals surface area contributed by atoms with Gasteiger partial charge in [-0.05, 0) is 39.8 Å². The summed E-state index contributed by atoms with van der Waals surface area (Å²) in [5.74, 6) is -0.623. The van der Waals surface area contributed by atoms with Crippen molar-refractivity contribution in [1.29, 1.82) is 0 Å². The third-order valence-corrected chi connectivity index (χ3v) is 5.15. The molecule has 0 unspecified atom stereocenters. The van der Waals surface area contributed by atoms with Crippen LogP contribution in [0.4, 0.5) is 10.1 Å². The normalized spacial score (nSPS) is 23.8. The minimum absolute atomic E-state index is 0.203. The molecule has 8 heteroatoms. The van der Waals surface area contributed by atoms with E-state index in [2.05, 4.69) is 5.32 Å². The van der Waals surface area contributed by atoms with E-state index in [0.717, 1.165) is 0 Å². The summed E-state index contributed by atoms with van der Waals surface area (Å²) in [6.45, 7) is 7.21. The topological polar surface area (TPSA) is 47.6 Å². The molecular weight excluding hydrogens is 343 g/mol. The number of nitrogens with one attached hydrogen (secondary N) is 1. The monoisotopic (exact) mass is 357 g/mol. The summed E-state index contributed by atoms with van der Waals surface area (Å²) in [5, 5.41) is 3.05. The van der Waals surface area contributed by atoms with Gasteiger partial charge in [0, 0.05) is 5.56 Å². The van der Waals surface area contributed by atoms with Crippen molar-refractivity contribution >= 4 is 47.5 Å². The lowest BCUT2D eigenvalue weighted by atomic mass is 9.83. The Labute approximate surface area is 144 Å². The molecule has 3 rings (SSSR count). The SMILES string of the molecule is CC1(C)OB(C(F)=C2C(=O)Nc3c(Cl)ccc(Cl)c32)OC1(C)C. The molecule has 2 aliphatic rings. The Morgan fingerprint density at radius 1 is 1.13 bits per heavy atom. The van der Waals surface area contributed by atoms with Crippen molar-refractivity contribution in [2.24, 2.45) is 0 Å². The van der Waals surface area contributed by atoms with E-state index in [1.807, 2.05) is 0 Å². The molecule has 1 aromatic carbocycles. The standard InChI is InChI=1S/C15H15BCl2FNO3/c1-14(2)15(3,4)23-16(22-14)12(19)10-9-7(17)5-6-8(18)11(9)20-13(10)21/h5-6H,1-4H3,(H,20,21). The van der Waals surface area contributed by atoms with Gasteiger partial charge in [-0.25, -0.2) is 4.39 Å². The summed E-state index contributed by atoms with van der Waals surface area (Å²) in [4.78, 5) is 12.2. The van der Waals surface area contributed by atoms with Gasteiger partial charge in [0.05, 0.1) is 32.5 Å². The van der Waals surface area contributed by atoms with Crippen molar-refractivity contribution in [3.05, 3.63) is 33.5 Å². The average molecular weight is 358 g/mol. The van der Waals surface area contributed by atoms with Gasteiger partial charge >= 0.3 is 7.12 Å². The number of carbonyl (C=O) groups is 1. The van der Waals surface area contributed by atoms with Crippen LogP contribution in [0.3, 0.4) is 0 Å². The van der Waals surface area contributed by atoms with Crippen molar-refractivity contribution in [3.8, 4) is 0 Å². The quantitative estimate of drug-likeness (QED) is 0.603. The molecule has 0 bridgehead atoms. The van der Waals surface area contributed by atoms with Crippen LogP contribution in [0.2, 0.25) is 10.0 Å². The molecule has 1 aromatic rings. The van der Waals surface area contributed by atoms with Crippen molar-refractivity contribution in [2.45, 2.75) is 38.9 Å². The molecule has 1 saturated heterocycles. The highest BCUT2D eigenvalue weighted by Crippen LogP contribution is 2.46. The summed E-state index contributed by atoms with van der Waals surface area (Å²) >= 11 is 12.2. The number of halogens is 3. The maximum atomic E-state index is 15.0. The first-order valence-corrected chi connectivity index (χ1v) is 7.86. The number of rotatable bonds is 1. The third-order valence-electron chi connectivity index (χ3n) is 4.52. The minimum Gasteiger partial charge on any atom is -0.398 e. The summed E-state index contributed by atoms with van der Waals surface area (Å²) in [6.07, 6.45) is 0. The van der Waals surface area contributed by atoms with Gasteiger partial charge in [0.15, 0.2) is 0 Å². The van der Waals surface area contributed by atoms with E-state index in [0.29, 0.717) is 5.69 Å². The highest BCUT2D eigenvalue weighted by molar-refractivity contribution is 6.59. The molecule has 0 aliphatic carbocycles. The van der Waals surface area contributed by atoms with E-state index < -0.39 is 30.0 Å². The second kappa shape index (κ2) is 5.21. The highest BCUT2D eigenvalue weighted by atomic mass is 35.5. The third kappa shape index (κ3) is 2.48. The van der Waals surface area contributed by atoms with Gasteiger partial charge in [-0.1, -0.05) is 23.2 Å². The number of carbonyl (C=O) groups excluding carboxylic acids is 1. The zero-order valence-electron chi connectivity index (χ0n) is 13.1. The first kappa shape index (κ1) is 16.8. The fourth-order valence-corrected chi connectivity index (χ4v) is 2.96. The van der Waals surface area contributed by atoms with Gasteiger partial charge in [0.1, 0.15) is 5.73 Å². The Balaban J connectivity index is 2.11. The Kier molecular flexibility index (Phi) is 3.80. The van der Waals surface area contributed by atoms with E-state index in [4.69, 9.17) is 32.5 Å². The molecule has 2 heterocycles. The highest BCUT2D eigenvalue weighted by Gasteiger charge is 2.54. The van der Waals surface area contributed by atoms with E-state index >= 15 is 4.39 Å². The van der Waals surface area contributed by atoms with Crippen LogP contribution < -0.4 is 5.32 Å². The average Bonchev–Trinajstić information content (AvgIpc) is 2.89. The Hall–Kier alpha value is -1.08. The largest absolute Gasteiger partial charge is 0.526 e.